The van der Waals surface area contributed by atoms with Crippen molar-refractivity contribution in [1.82, 2.24) is 10.3 Å². The summed E-state index contributed by atoms with van der Waals surface area (Å²) in [6.45, 7) is 4.63. The van der Waals surface area contributed by atoms with Gasteiger partial charge in [-0.3, -0.25) is 4.79 Å². The smallest absolute Gasteiger partial charge is 0.220 e. The lowest BCUT2D eigenvalue weighted by molar-refractivity contribution is -0.121. The fraction of sp³-hybridized carbons (Fsp3) is 0.318. The predicted octanol–water partition coefficient (Wildman–Crippen LogP) is 4.77. The number of H-pyrrole nitrogens is 1. The molecule has 26 heavy (non-hydrogen) atoms. The number of hydrogen-bond donors (Lipinski definition) is 2. The zero-order chi connectivity index (χ0) is 18.4. The lowest BCUT2D eigenvalue weighted by Crippen LogP contribution is -2.26. The highest BCUT2D eigenvalue weighted by atomic mass is 16.5. The Labute approximate surface area is 154 Å². The van der Waals surface area contributed by atoms with Crippen LogP contribution in [0.4, 0.5) is 0 Å². The number of carbonyl (C=O) groups excluding carboxylic acids is 1. The summed E-state index contributed by atoms with van der Waals surface area (Å²) < 4.78 is 5.45. The molecule has 3 aromatic rings. The van der Waals surface area contributed by atoms with Gasteiger partial charge >= 0.3 is 0 Å². The molecule has 0 aliphatic rings. The third-order valence-electron chi connectivity index (χ3n) is 4.59. The van der Waals surface area contributed by atoms with Crippen molar-refractivity contribution in [2.45, 2.75) is 39.2 Å². The minimum atomic E-state index is -0.00809. The average molecular weight is 350 g/mol. The number of aromatic nitrogens is 1. The first-order valence-corrected chi connectivity index (χ1v) is 9.24. The number of para-hydroxylation sites is 1. The van der Waals surface area contributed by atoms with Crippen molar-refractivity contribution in [1.29, 1.82) is 0 Å². The highest BCUT2D eigenvalue weighted by Gasteiger charge is 2.10. The van der Waals surface area contributed by atoms with Gasteiger partial charge in [-0.25, -0.2) is 0 Å². The second kappa shape index (κ2) is 8.56. The van der Waals surface area contributed by atoms with E-state index in [9.17, 15) is 4.79 Å². The van der Waals surface area contributed by atoms with Gasteiger partial charge < -0.3 is 15.0 Å². The second-order valence-electron chi connectivity index (χ2n) is 6.50. The molecule has 136 valence electrons. The molecule has 0 fully saturated rings. The van der Waals surface area contributed by atoms with Gasteiger partial charge in [0, 0.05) is 23.5 Å². The van der Waals surface area contributed by atoms with Crippen LogP contribution in [0, 0.1) is 0 Å². The Morgan fingerprint density at radius 2 is 1.92 bits per heavy atom. The molecule has 1 unspecified atom stereocenters. The predicted molar refractivity (Wildman–Crippen MR) is 105 cm³/mol. The Hall–Kier alpha value is -2.75. The monoisotopic (exact) mass is 350 g/mol. The van der Waals surface area contributed by atoms with Crippen molar-refractivity contribution in [2.24, 2.45) is 0 Å². The molecule has 2 N–H and O–H groups in total. The summed E-state index contributed by atoms with van der Waals surface area (Å²) in [7, 11) is 0. The van der Waals surface area contributed by atoms with Crippen LogP contribution in [0.15, 0.2) is 54.7 Å². The average Bonchev–Trinajstić information content (AvgIpc) is 3.06. The number of ether oxygens (including phenoxy) is 1. The number of nitrogens with one attached hydrogen (secondary N) is 2. The highest BCUT2D eigenvalue weighted by molar-refractivity contribution is 5.83. The van der Waals surface area contributed by atoms with Gasteiger partial charge in [0.05, 0.1) is 12.6 Å². The number of aromatic amines is 1. The maximum Gasteiger partial charge on any atom is 0.220 e. The summed E-state index contributed by atoms with van der Waals surface area (Å²) in [6.07, 6.45) is 4.31. The van der Waals surface area contributed by atoms with E-state index in [1.165, 1.54) is 10.9 Å². The second-order valence-corrected chi connectivity index (χ2v) is 6.50. The molecule has 0 spiro atoms. The normalized spacial score (nSPS) is 12.1. The molecule has 1 aromatic heterocycles. The Kier molecular flexibility index (Phi) is 5.95. The number of benzene rings is 2. The number of aryl methyl sites for hydroxylation is 1. The fourth-order valence-corrected chi connectivity index (χ4v) is 3.19. The van der Waals surface area contributed by atoms with Crippen LogP contribution in [0.2, 0.25) is 0 Å². The zero-order valence-corrected chi connectivity index (χ0v) is 15.4. The maximum absolute atomic E-state index is 12.2. The van der Waals surface area contributed by atoms with Gasteiger partial charge in [0.2, 0.25) is 5.91 Å². The van der Waals surface area contributed by atoms with Crippen molar-refractivity contribution in [3.8, 4) is 5.75 Å². The van der Waals surface area contributed by atoms with E-state index in [4.69, 9.17) is 4.74 Å². The van der Waals surface area contributed by atoms with Crippen LogP contribution in [0.5, 0.6) is 5.75 Å². The minimum absolute atomic E-state index is 0.00809. The van der Waals surface area contributed by atoms with E-state index >= 15 is 0 Å². The van der Waals surface area contributed by atoms with E-state index < -0.39 is 0 Å². The van der Waals surface area contributed by atoms with Gasteiger partial charge in [0.1, 0.15) is 5.75 Å². The standard InChI is InChI=1S/C22H26N2O2/c1-3-26-19-13-11-17(12-14-19)16(2)24-22(25)10-6-7-18-15-23-21-9-5-4-8-20(18)21/h4-5,8-9,11-16,23H,3,6-7,10H2,1-2H3,(H,24,25). The molecular weight excluding hydrogens is 324 g/mol. The van der Waals surface area contributed by atoms with Gasteiger partial charge in [-0.05, 0) is 56.0 Å². The van der Waals surface area contributed by atoms with Crippen molar-refractivity contribution in [2.75, 3.05) is 6.61 Å². The Balaban J connectivity index is 1.47. The van der Waals surface area contributed by atoms with Crippen LogP contribution in [0.3, 0.4) is 0 Å². The molecular formula is C22H26N2O2. The molecule has 4 heteroatoms. The summed E-state index contributed by atoms with van der Waals surface area (Å²) in [6, 6.07) is 16.1. The van der Waals surface area contributed by atoms with Crippen molar-refractivity contribution in [3.05, 3.63) is 65.9 Å². The van der Waals surface area contributed by atoms with Crippen LogP contribution in [-0.2, 0) is 11.2 Å². The number of amides is 1. The molecule has 3 rings (SSSR count). The molecule has 0 saturated heterocycles. The van der Waals surface area contributed by atoms with Crippen LogP contribution >= 0.6 is 0 Å². The first-order chi connectivity index (χ1) is 12.7. The van der Waals surface area contributed by atoms with Crippen LogP contribution in [-0.4, -0.2) is 17.5 Å². The first kappa shape index (κ1) is 18.1. The van der Waals surface area contributed by atoms with Crippen LogP contribution in [0.25, 0.3) is 10.9 Å². The van der Waals surface area contributed by atoms with Gasteiger partial charge in [-0.15, -0.1) is 0 Å². The van der Waals surface area contributed by atoms with E-state index in [0.29, 0.717) is 13.0 Å². The zero-order valence-electron chi connectivity index (χ0n) is 15.4. The van der Waals surface area contributed by atoms with E-state index in [1.54, 1.807) is 0 Å². The number of carbonyl (C=O) groups is 1. The lowest BCUT2D eigenvalue weighted by atomic mass is 10.1. The Morgan fingerprint density at radius 3 is 2.69 bits per heavy atom. The topological polar surface area (TPSA) is 54.1 Å². The maximum atomic E-state index is 12.2. The van der Waals surface area contributed by atoms with Gasteiger partial charge in [-0.1, -0.05) is 30.3 Å². The molecule has 0 aliphatic heterocycles. The van der Waals surface area contributed by atoms with Crippen LogP contribution < -0.4 is 10.1 Å². The molecule has 2 aromatic carbocycles. The fourth-order valence-electron chi connectivity index (χ4n) is 3.19. The number of hydrogen-bond acceptors (Lipinski definition) is 2. The summed E-state index contributed by atoms with van der Waals surface area (Å²) in [5, 5.41) is 4.32. The van der Waals surface area contributed by atoms with Crippen molar-refractivity contribution in [3.63, 3.8) is 0 Å². The molecule has 4 nitrogen and oxygen atoms in total. The third kappa shape index (κ3) is 4.45. The third-order valence-corrected chi connectivity index (χ3v) is 4.59. The molecule has 1 atom stereocenters. The largest absolute Gasteiger partial charge is 0.494 e. The molecule has 0 saturated carbocycles. The minimum Gasteiger partial charge on any atom is -0.494 e. The Morgan fingerprint density at radius 1 is 1.15 bits per heavy atom. The van der Waals surface area contributed by atoms with E-state index in [0.717, 1.165) is 29.7 Å². The van der Waals surface area contributed by atoms with Gasteiger partial charge in [-0.2, -0.15) is 0 Å². The van der Waals surface area contributed by atoms with Crippen molar-refractivity contribution >= 4 is 16.8 Å². The first-order valence-electron chi connectivity index (χ1n) is 9.24. The Bertz CT molecular complexity index is 852. The lowest BCUT2D eigenvalue weighted by Gasteiger charge is -2.15. The molecule has 0 radical (unpaired) electrons. The van der Waals surface area contributed by atoms with E-state index in [1.807, 2.05) is 56.4 Å². The molecule has 0 aliphatic carbocycles. The number of rotatable bonds is 8. The summed E-state index contributed by atoms with van der Waals surface area (Å²) in [5.74, 6) is 0.944. The molecule has 1 heterocycles. The molecule has 0 bridgehead atoms. The summed E-state index contributed by atoms with van der Waals surface area (Å²) >= 11 is 0. The SMILES string of the molecule is CCOc1ccc(C(C)NC(=O)CCCc2c[nH]c3ccccc23)cc1. The highest BCUT2D eigenvalue weighted by Crippen LogP contribution is 2.20. The van der Waals surface area contributed by atoms with E-state index in [2.05, 4.69) is 22.4 Å². The van der Waals surface area contributed by atoms with Crippen molar-refractivity contribution < 1.29 is 9.53 Å². The quantitative estimate of drug-likeness (QED) is 0.615. The summed E-state index contributed by atoms with van der Waals surface area (Å²) in [4.78, 5) is 15.5. The van der Waals surface area contributed by atoms with Crippen LogP contribution in [0.1, 0.15) is 43.9 Å². The van der Waals surface area contributed by atoms with Gasteiger partial charge in [0.25, 0.3) is 0 Å². The summed E-state index contributed by atoms with van der Waals surface area (Å²) in [5.41, 5.74) is 3.50. The molecule has 1 amide bonds. The van der Waals surface area contributed by atoms with Gasteiger partial charge in [0.15, 0.2) is 0 Å². The number of fused-ring (bicyclic) bond motifs is 1. The van der Waals surface area contributed by atoms with E-state index in [-0.39, 0.29) is 11.9 Å².